The van der Waals surface area contributed by atoms with E-state index in [0.29, 0.717) is 59.3 Å². The Hall–Kier alpha value is -5.50. The normalized spacial score (nSPS) is 19.9. The zero-order valence-corrected chi connectivity index (χ0v) is 31.6. The maximum Gasteiger partial charge on any atom is 0.261 e. The smallest absolute Gasteiger partial charge is 0.261 e. The van der Waals surface area contributed by atoms with Gasteiger partial charge in [0, 0.05) is 87.0 Å². The summed E-state index contributed by atoms with van der Waals surface area (Å²) >= 11 is 0. The van der Waals surface area contributed by atoms with E-state index in [1.165, 1.54) is 6.20 Å². The molecule has 288 valence electrons. The van der Waals surface area contributed by atoms with Crippen molar-refractivity contribution in [2.75, 3.05) is 50.1 Å². The van der Waals surface area contributed by atoms with Crippen LogP contribution in [0.25, 0.3) is 5.65 Å². The first-order valence-electron chi connectivity index (χ1n) is 19.4. The second-order valence-electron chi connectivity index (χ2n) is 15.4. The number of likely N-dealkylation sites (tertiary alicyclic amines) is 1. The summed E-state index contributed by atoms with van der Waals surface area (Å²) in [4.78, 5) is 62.6. The molecular weight excluding hydrogens is 701 g/mol. The Morgan fingerprint density at radius 1 is 1.00 bits per heavy atom. The van der Waals surface area contributed by atoms with Crippen LogP contribution in [0.5, 0.6) is 11.5 Å². The second-order valence-corrected chi connectivity index (χ2v) is 15.4. The number of aromatic nitrogens is 3. The lowest BCUT2D eigenvalue weighted by atomic mass is 9.89. The van der Waals surface area contributed by atoms with Gasteiger partial charge in [0.25, 0.3) is 11.8 Å². The molecule has 2 aromatic carbocycles. The van der Waals surface area contributed by atoms with Gasteiger partial charge in [-0.05, 0) is 81.7 Å². The lowest BCUT2D eigenvalue weighted by Crippen LogP contribution is -2.47. The van der Waals surface area contributed by atoms with E-state index < -0.39 is 0 Å². The van der Waals surface area contributed by atoms with Crippen LogP contribution in [-0.2, 0) is 16.1 Å². The number of imide groups is 1. The molecule has 1 atom stereocenters. The average molecular weight is 749 g/mol. The topological polar surface area (TPSA) is 151 Å². The van der Waals surface area contributed by atoms with Crippen molar-refractivity contribution in [2.45, 2.75) is 77.0 Å². The molecule has 3 fully saturated rings. The fourth-order valence-electron chi connectivity index (χ4n) is 8.61. The van der Waals surface area contributed by atoms with Crippen LogP contribution in [-0.4, -0.2) is 100 Å². The SMILES string of the molecule is COc1cc(N2CCC(CN3CCC(N4Cc5cc(NC(=O)c6cnn7cccnc67)c(OC(C)C)cc5C4=O)CC3)CC2)ccc1C1CCC(=O)NC1=O. The lowest BCUT2D eigenvalue weighted by Gasteiger charge is -2.40. The number of ether oxygens (including phenoxy) is 2. The quantitative estimate of drug-likeness (QED) is 0.220. The predicted octanol–water partition coefficient (Wildman–Crippen LogP) is 4.63. The van der Waals surface area contributed by atoms with Crippen molar-refractivity contribution in [1.82, 2.24) is 29.7 Å². The van der Waals surface area contributed by atoms with Gasteiger partial charge in [0.1, 0.15) is 17.1 Å². The molecule has 6 heterocycles. The number of hydrogen-bond acceptors (Lipinski definition) is 10. The van der Waals surface area contributed by atoms with Gasteiger partial charge in [0.15, 0.2) is 5.65 Å². The lowest BCUT2D eigenvalue weighted by molar-refractivity contribution is -0.134. The molecule has 55 heavy (non-hydrogen) atoms. The van der Waals surface area contributed by atoms with Gasteiger partial charge in [-0.2, -0.15) is 5.10 Å². The van der Waals surface area contributed by atoms with Crippen molar-refractivity contribution in [2.24, 2.45) is 5.92 Å². The number of nitrogens with zero attached hydrogens (tertiary/aromatic N) is 6. The van der Waals surface area contributed by atoms with Crippen LogP contribution < -0.4 is 25.0 Å². The first-order valence-corrected chi connectivity index (χ1v) is 19.4. The van der Waals surface area contributed by atoms with Crippen LogP contribution in [0.15, 0.2) is 55.0 Å². The van der Waals surface area contributed by atoms with Crippen molar-refractivity contribution >= 4 is 40.7 Å². The third-order valence-corrected chi connectivity index (χ3v) is 11.5. The third-order valence-electron chi connectivity index (χ3n) is 11.5. The zero-order valence-electron chi connectivity index (χ0n) is 31.6. The number of carbonyl (C=O) groups is 4. The standard InChI is InChI=1S/C41H48N8O6/c1-25(2)55-36-21-32-27(19-34(36)44-40(52)33-22-43-49-14-4-13-42-38(33)49)24-48(41(32)53)28-11-15-46(16-12-28)23-26-9-17-47(18-10-26)29-5-6-30(35(20-29)54-3)31-7-8-37(50)45-39(31)51/h4-6,13-14,19-22,25-26,28,31H,7-12,15-18,23-24H2,1-3H3,(H,44,52)(H,45,50,51). The molecule has 2 aromatic heterocycles. The van der Waals surface area contributed by atoms with Crippen molar-refractivity contribution in [1.29, 1.82) is 0 Å². The molecule has 14 nitrogen and oxygen atoms in total. The van der Waals surface area contributed by atoms with Crippen LogP contribution >= 0.6 is 0 Å². The fourth-order valence-corrected chi connectivity index (χ4v) is 8.61. The number of carbonyl (C=O) groups excluding carboxylic acids is 4. The van der Waals surface area contributed by atoms with Gasteiger partial charge in [-0.15, -0.1) is 0 Å². The molecule has 0 aliphatic carbocycles. The summed E-state index contributed by atoms with van der Waals surface area (Å²) < 4.78 is 13.4. The number of nitrogens with one attached hydrogen (secondary N) is 2. The number of methoxy groups -OCH3 is 1. The van der Waals surface area contributed by atoms with Gasteiger partial charge in [0.05, 0.1) is 31.0 Å². The van der Waals surface area contributed by atoms with Gasteiger partial charge in [-0.1, -0.05) is 6.07 Å². The van der Waals surface area contributed by atoms with E-state index in [1.54, 1.807) is 36.2 Å². The van der Waals surface area contributed by atoms with Crippen LogP contribution in [0.2, 0.25) is 0 Å². The minimum Gasteiger partial charge on any atom is -0.496 e. The number of hydrogen-bond donors (Lipinski definition) is 2. The Labute approximate surface area is 320 Å². The van der Waals surface area contributed by atoms with E-state index in [4.69, 9.17) is 9.47 Å². The number of benzene rings is 2. The first-order chi connectivity index (χ1) is 26.6. The van der Waals surface area contributed by atoms with Gasteiger partial charge in [0.2, 0.25) is 11.8 Å². The Morgan fingerprint density at radius 2 is 1.80 bits per heavy atom. The minimum atomic E-state index is -0.381. The maximum absolute atomic E-state index is 13.8. The highest BCUT2D eigenvalue weighted by atomic mass is 16.5. The van der Waals surface area contributed by atoms with E-state index in [0.717, 1.165) is 75.2 Å². The van der Waals surface area contributed by atoms with E-state index in [1.807, 2.05) is 36.9 Å². The summed E-state index contributed by atoms with van der Waals surface area (Å²) in [7, 11) is 1.63. The van der Waals surface area contributed by atoms with Crippen LogP contribution in [0.3, 0.4) is 0 Å². The number of fused-ring (bicyclic) bond motifs is 2. The predicted molar refractivity (Wildman–Crippen MR) is 206 cm³/mol. The Balaban J connectivity index is 0.851. The maximum atomic E-state index is 13.8. The average Bonchev–Trinajstić information content (AvgIpc) is 3.76. The van der Waals surface area contributed by atoms with Crippen LogP contribution in [0.4, 0.5) is 11.4 Å². The van der Waals surface area contributed by atoms with Crippen molar-refractivity contribution in [3.05, 3.63) is 77.2 Å². The van der Waals surface area contributed by atoms with E-state index >= 15 is 0 Å². The van der Waals surface area contributed by atoms with Gasteiger partial charge >= 0.3 is 0 Å². The molecular formula is C41H48N8O6. The number of anilines is 2. The van der Waals surface area contributed by atoms with E-state index in [2.05, 4.69) is 36.6 Å². The Morgan fingerprint density at radius 3 is 2.55 bits per heavy atom. The molecule has 2 N–H and O–H groups in total. The zero-order chi connectivity index (χ0) is 38.2. The van der Waals surface area contributed by atoms with E-state index in [-0.39, 0.29) is 41.7 Å². The molecule has 4 amide bonds. The molecule has 3 saturated heterocycles. The molecule has 0 spiro atoms. The molecule has 4 aliphatic heterocycles. The summed E-state index contributed by atoms with van der Waals surface area (Å²) in [5.74, 6) is 0.556. The van der Waals surface area contributed by atoms with Gasteiger partial charge in [-0.25, -0.2) is 9.50 Å². The van der Waals surface area contributed by atoms with Crippen LogP contribution in [0, 0.1) is 5.92 Å². The first kappa shape index (κ1) is 36.5. The molecule has 4 aromatic rings. The summed E-state index contributed by atoms with van der Waals surface area (Å²) in [6.45, 7) is 9.17. The summed E-state index contributed by atoms with van der Waals surface area (Å²) in [6, 6.07) is 11.6. The number of piperidine rings is 3. The molecule has 0 bridgehead atoms. The monoisotopic (exact) mass is 748 g/mol. The second kappa shape index (κ2) is 15.3. The number of amides is 4. The summed E-state index contributed by atoms with van der Waals surface area (Å²) in [5, 5.41) is 9.70. The molecule has 0 saturated carbocycles. The molecule has 14 heteroatoms. The van der Waals surface area contributed by atoms with Gasteiger partial charge < -0.3 is 29.5 Å². The summed E-state index contributed by atoms with van der Waals surface area (Å²) in [5.41, 5.74) is 4.76. The van der Waals surface area contributed by atoms with Gasteiger partial charge in [-0.3, -0.25) is 24.5 Å². The largest absolute Gasteiger partial charge is 0.496 e. The highest BCUT2D eigenvalue weighted by molar-refractivity contribution is 6.09. The van der Waals surface area contributed by atoms with Crippen molar-refractivity contribution in [3.63, 3.8) is 0 Å². The minimum absolute atomic E-state index is 0.0147. The Bertz CT molecular complexity index is 2120. The number of rotatable bonds is 10. The molecule has 4 aliphatic rings. The summed E-state index contributed by atoms with van der Waals surface area (Å²) in [6.07, 6.45) is 9.54. The van der Waals surface area contributed by atoms with E-state index in [9.17, 15) is 19.2 Å². The van der Waals surface area contributed by atoms with Crippen LogP contribution in [0.1, 0.15) is 90.1 Å². The molecule has 8 rings (SSSR count). The molecule has 0 radical (unpaired) electrons. The highest BCUT2D eigenvalue weighted by Gasteiger charge is 2.37. The highest BCUT2D eigenvalue weighted by Crippen LogP contribution is 2.38. The van der Waals surface area contributed by atoms with Crippen molar-refractivity contribution < 1.29 is 28.7 Å². The molecule has 1 unspecified atom stereocenters. The third kappa shape index (κ3) is 7.47. The van der Waals surface area contributed by atoms with Crippen molar-refractivity contribution in [3.8, 4) is 11.5 Å². The fraction of sp³-hybridized carbons (Fsp3) is 0.463. The Kier molecular flexibility index (Phi) is 10.2.